The van der Waals surface area contributed by atoms with Crippen LogP contribution in [0.25, 0.3) is 12.0 Å². The van der Waals surface area contributed by atoms with Crippen LogP contribution in [0.3, 0.4) is 0 Å². The Labute approximate surface area is 346 Å². The SMILES string of the molecule is CC[C@H]1OC(=O)[C@H](C)C(=O)[C@H](C)[C@@H](OC2O[C@H](C)C[C@H](N(C)C)[C@H]2O)[C@](C)(OC(=O)NC/C=C/c2ccn(-c3ncccn3)c2)C[C@@H](C)C(=O)C(C)C2CC(=O)O[C@@]21C. The Morgan fingerprint density at radius 1 is 1.07 bits per heavy atom. The molecule has 16 nitrogen and oxygen atoms in total. The standard InChI is InChI=1S/C43H61N5O11/c1-11-32-43(8)30(21-33(49)58-43)26(4)34(50)24(2)22-42(7,59-41(54)46-16-12-14-29-15-19-48(23-29)40-44-17-13-18-45-40)37(27(5)35(51)28(6)38(53)56-32)57-39-36(52)31(47(9)10)20-25(3)55-39/h12-15,17-19,23-28,30-32,36-37,39,52H,11,16,20-22H2,1-10H3,(H,46,54)/b14-12+/t24-,25-,26?,27+,28-,30?,31+,32-,36-,37-,39?,42-,43+/m1/s1. The van der Waals surface area contributed by atoms with E-state index >= 15 is 0 Å². The number of cyclic esters (lactones) is 1. The van der Waals surface area contributed by atoms with Crippen LogP contribution < -0.4 is 5.32 Å². The molecule has 2 N–H and O–H groups in total. The van der Waals surface area contributed by atoms with Gasteiger partial charge in [-0.05, 0) is 78.7 Å². The van der Waals surface area contributed by atoms with Crippen molar-refractivity contribution in [2.75, 3.05) is 20.6 Å². The van der Waals surface area contributed by atoms with E-state index in [0.29, 0.717) is 12.4 Å². The van der Waals surface area contributed by atoms with E-state index in [2.05, 4.69) is 15.3 Å². The van der Waals surface area contributed by atoms with Crippen molar-refractivity contribution in [2.24, 2.45) is 29.6 Å². The van der Waals surface area contributed by atoms with Gasteiger partial charge < -0.3 is 39.0 Å². The van der Waals surface area contributed by atoms with Crippen molar-refractivity contribution in [1.82, 2.24) is 24.8 Å². The van der Waals surface area contributed by atoms with Crippen LogP contribution in [0.1, 0.15) is 86.6 Å². The number of amides is 1. The first-order valence-corrected chi connectivity index (χ1v) is 20.5. The first kappa shape index (κ1) is 45.6. The number of aliphatic hydroxyl groups excluding tert-OH is 1. The Kier molecular flexibility index (Phi) is 14.5. The number of aromatic nitrogens is 3. The van der Waals surface area contributed by atoms with Crippen LogP contribution >= 0.6 is 0 Å². The second-order valence-corrected chi connectivity index (χ2v) is 17.0. The summed E-state index contributed by atoms with van der Waals surface area (Å²) in [5, 5.41) is 14.3. The number of carbonyl (C=O) groups is 5. The number of alkyl carbamates (subject to hydrolysis) is 1. The number of hydrogen-bond donors (Lipinski definition) is 2. The number of rotatable bonds is 9. The van der Waals surface area contributed by atoms with Gasteiger partial charge >= 0.3 is 18.0 Å². The molecule has 3 unspecified atom stereocenters. The van der Waals surface area contributed by atoms with Crippen LogP contribution in [0, 0.1) is 29.6 Å². The van der Waals surface area contributed by atoms with Crippen LogP contribution in [-0.2, 0) is 42.9 Å². The molecule has 2 aromatic rings. The number of aliphatic hydroxyl groups is 1. The minimum absolute atomic E-state index is 0.0513. The Bertz CT molecular complexity index is 1850. The molecule has 3 aliphatic rings. The average molecular weight is 824 g/mol. The molecule has 59 heavy (non-hydrogen) atoms. The minimum Gasteiger partial charge on any atom is -0.458 e. The van der Waals surface area contributed by atoms with E-state index in [0.717, 1.165) is 5.56 Å². The van der Waals surface area contributed by atoms with E-state index in [9.17, 15) is 29.1 Å². The topological polar surface area (TPSA) is 198 Å². The molecule has 0 aliphatic carbocycles. The van der Waals surface area contributed by atoms with Crippen molar-refractivity contribution in [1.29, 1.82) is 0 Å². The number of ketones is 2. The first-order valence-electron chi connectivity index (χ1n) is 20.5. The normalized spacial score (nSPS) is 36.2. The van der Waals surface area contributed by atoms with Gasteiger partial charge in [0, 0.05) is 61.0 Å². The van der Waals surface area contributed by atoms with E-state index < -0.39 is 89.2 Å². The van der Waals surface area contributed by atoms with Gasteiger partial charge in [0.15, 0.2) is 12.1 Å². The maximum atomic E-state index is 14.5. The lowest BCUT2D eigenvalue weighted by molar-refractivity contribution is -0.292. The third kappa shape index (κ3) is 10.1. The number of hydrogen-bond acceptors (Lipinski definition) is 14. The van der Waals surface area contributed by atoms with Crippen LogP contribution in [0.5, 0.6) is 0 Å². The number of fused-ring (bicyclic) bond motifs is 1. The van der Waals surface area contributed by atoms with Gasteiger partial charge in [0.05, 0.1) is 12.5 Å². The zero-order valence-electron chi connectivity index (χ0n) is 35.8. The molecule has 0 saturated carbocycles. The smallest absolute Gasteiger partial charge is 0.408 e. The molecule has 3 saturated heterocycles. The Morgan fingerprint density at radius 2 is 1.76 bits per heavy atom. The van der Waals surface area contributed by atoms with Gasteiger partial charge in [-0.3, -0.25) is 23.7 Å². The molecule has 13 atom stereocenters. The zero-order chi connectivity index (χ0) is 43.4. The summed E-state index contributed by atoms with van der Waals surface area (Å²) in [6.07, 6.45) is 5.10. The summed E-state index contributed by atoms with van der Waals surface area (Å²) in [6.45, 7) is 13.3. The fourth-order valence-corrected chi connectivity index (χ4v) is 9.04. The van der Waals surface area contributed by atoms with Crippen LogP contribution in [0.15, 0.2) is 43.0 Å². The van der Waals surface area contributed by atoms with Gasteiger partial charge in [0.25, 0.3) is 0 Å². The molecule has 16 heteroatoms. The number of carbonyl (C=O) groups excluding carboxylic acids is 5. The maximum absolute atomic E-state index is 14.5. The number of nitrogens with one attached hydrogen (secondary N) is 1. The molecule has 3 aliphatic heterocycles. The molecule has 324 valence electrons. The molecule has 3 fully saturated rings. The lowest BCUT2D eigenvalue weighted by Gasteiger charge is -2.47. The van der Waals surface area contributed by atoms with Crippen molar-refractivity contribution in [3.8, 4) is 5.95 Å². The molecule has 0 spiro atoms. The molecule has 0 bridgehead atoms. The highest BCUT2D eigenvalue weighted by atomic mass is 16.7. The van der Waals surface area contributed by atoms with Crippen molar-refractivity contribution < 1.29 is 52.8 Å². The number of nitrogens with zero attached hydrogens (tertiary/aromatic N) is 4. The fourth-order valence-electron chi connectivity index (χ4n) is 9.04. The summed E-state index contributed by atoms with van der Waals surface area (Å²) in [4.78, 5) is 79.7. The largest absolute Gasteiger partial charge is 0.458 e. The quantitative estimate of drug-likeness (QED) is 0.206. The van der Waals surface area contributed by atoms with Gasteiger partial charge in [-0.2, -0.15) is 0 Å². The second kappa shape index (κ2) is 18.8. The predicted octanol–water partition coefficient (Wildman–Crippen LogP) is 4.31. The van der Waals surface area contributed by atoms with Crippen molar-refractivity contribution in [3.63, 3.8) is 0 Å². The number of Topliss-reactive ketones (excluding diaryl/α,β-unsaturated/α-hetero) is 2. The molecule has 2 aromatic heterocycles. The van der Waals surface area contributed by atoms with Gasteiger partial charge in [0.2, 0.25) is 5.95 Å². The molecule has 1 amide bonds. The summed E-state index contributed by atoms with van der Waals surface area (Å²) in [5.74, 6) is -6.37. The summed E-state index contributed by atoms with van der Waals surface area (Å²) in [5.41, 5.74) is -2.24. The van der Waals surface area contributed by atoms with Gasteiger partial charge in [-0.1, -0.05) is 39.8 Å². The first-order chi connectivity index (χ1) is 27.8. The van der Waals surface area contributed by atoms with Gasteiger partial charge in [-0.15, -0.1) is 0 Å². The lowest BCUT2D eigenvalue weighted by Crippen LogP contribution is -2.60. The van der Waals surface area contributed by atoms with Gasteiger partial charge in [0.1, 0.15) is 41.2 Å². The summed E-state index contributed by atoms with van der Waals surface area (Å²) >= 11 is 0. The van der Waals surface area contributed by atoms with Crippen LogP contribution in [-0.4, -0.2) is 123 Å². The molecular formula is C43H61N5O11. The van der Waals surface area contributed by atoms with Gasteiger partial charge in [-0.25, -0.2) is 14.8 Å². The van der Waals surface area contributed by atoms with Crippen LogP contribution in [0.2, 0.25) is 0 Å². The molecular weight excluding hydrogens is 762 g/mol. The summed E-state index contributed by atoms with van der Waals surface area (Å²) < 4.78 is 32.6. The second-order valence-electron chi connectivity index (χ2n) is 17.0. The highest BCUT2D eigenvalue weighted by molar-refractivity contribution is 6.00. The monoisotopic (exact) mass is 823 g/mol. The number of likely N-dealkylation sites (N-methyl/N-ethyl adjacent to an activating group) is 1. The van der Waals surface area contributed by atoms with Crippen molar-refractivity contribution in [2.45, 2.75) is 129 Å². The number of ether oxygens (including phenoxy) is 5. The van der Waals surface area contributed by atoms with E-state index in [1.807, 2.05) is 44.4 Å². The average Bonchev–Trinajstić information content (AvgIpc) is 3.80. The Balaban J connectivity index is 1.49. The van der Waals surface area contributed by atoms with Crippen molar-refractivity contribution >= 4 is 35.7 Å². The van der Waals surface area contributed by atoms with Crippen molar-refractivity contribution in [3.05, 3.63) is 48.6 Å². The maximum Gasteiger partial charge on any atom is 0.408 e. The highest BCUT2D eigenvalue weighted by Gasteiger charge is 2.57. The summed E-state index contributed by atoms with van der Waals surface area (Å²) in [6, 6.07) is 3.21. The zero-order valence-corrected chi connectivity index (χ0v) is 35.8. The predicted molar refractivity (Wildman–Crippen MR) is 215 cm³/mol. The minimum atomic E-state index is -1.73. The molecule has 5 heterocycles. The van der Waals surface area contributed by atoms with E-state index in [1.54, 1.807) is 76.7 Å². The molecule has 0 radical (unpaired) electrons. The molecule has 0 aromatic carbocycles. The molecule has 5 rings (SSSR count). The highest BCUT2D eigenvalue weighted by Crippen LogP contribution is 2.45. The van der Waals surface area contributed by atoms with Crippen LogP contribution in [0.4, 0.5) is 4.79 Å². The van der Waals surface area contributed by atoms with E-state index in [4.69, 9.17) is 23.7 Å². The third-order valence-corrected chi connectivity index (χ3v) is 12.3. The Hall–Kier alpha value is -4.51. The lowest BCUT2D eigenvalue weighted by atomic mass is 9.70. The van der Waals surface area contributed by atoms with E-state index in [-0.39, 0.29) is 43.7 Å². The van der Waals surface area contributed by atoms with E-state index in [1.165, 1.54) is 6.92 Å². The Morgan fingerprint density at radius 3 is 2.42 bits per heavy atom. The third-order valence-electron chi connectivity index (χ3n) is 12.3. The number of esters is 2. The summed E-state index contributed by atoms with van der Waals surface area (Å²) in [7, 11) is 3.66. The fraction of sp³-hybridized carbons (Fsp3) is 0.651.